The summed E-state index contributed by atoms with van der Waals surface area (Å²) >= 11 is 0. The number of carbonyl (C=O) groups is 2. The van der Waals surface area contributed by atoms with Gasteiger partial charge in [-0.25, -0.2) is 0 Å². The largest absolute Gasteiger partial charge is 0.495 e. The first kappa shape index (κ1) is 14.5. The molecule has 0 saturated carbocycles. The number of amides is 1. The third-order valence-corrected chi connectivity index (χ3v) is 2.84. The van der Waals surface area contributed by atoms with E-state index < -0.39 is 0 Å². The average molecular weight is 281 g/mol. The van der Waals surface area contributed by atoms with Gasteiger partial charge in [0, 0.05) is 11.6 Å². The predicted octanol–water partition coefficient (Wildman–Crippen LogP) is 3.16. The summed E-state index contributed by atoms with van der Waals surface area (Å²) in [5.41, 5.74) is 1.87. The molecule has 0 aromatic heterocycles. The van der Waals surface area contributed by atoms with Crippen LogP contribution in [0.2, 0.25) is 0 Å². The van der Waals surface area contributed by atoms with Crippen LogP contribution in [0.4, 0.5) is 5.69 Å². The lowest BCUT2D eigenvalue weighted by Crippen LogP contribution is -2.09. The number of nitrogens with one attached hydrogen (secondary N) is 1. The number of benzene rings is 2. The fourth-order valence-corrected chi connectivity index (χ4v) is 1.81. The molecule has 0 saturated heterocycles. The smallest absolute Gasteiger partial charge is 0.248 e. The lowest BCUT2D eigenvalue weighted by Gasteiger charge is -2.09. The van der Waals surface area contributed by atoms with Crippen LogP contribution in [0.5, 0.6) is 5.75 Å². The summed E-state index contributed by atoms with van der Waals surface area (Å²) in [7, 11) is 1.51. The Morgan fingerprint density at radius 1 is 1.10 bits per heavy atom. The highest BCUT2D eigenvalue weighted by Crippen LogP contribution is 2.24. The van der Waals surface area contributed by atoms with E-state index in [-0.39, 0.29) is 5.91 Å². The lowest BCUT2D eigenvalue weighted by atomic mass is 10.2. The van der Waals surface area contributed by atoms with E-state index in [2.05, 4.69) is 5.32 Å². The highest BCUT2D eigenvalue weighted by molar-refractivity contribution is 6.03. The van der Waals surface area contributed by atoms with Crippen molar-refractivity contribution in [2.45, 2.75) is 0 Å². The van der Waals surface area contributed by atoms with Gasteiger partial charge in [0.05, 0.1) is 12.8 Å². The van der Waals surface area contributed by atoms with Crippen molar-refractivity contribution in [1.82, 2.24) is 0 Å². The Bertz CT molecular complexity index is 663. The van der Waals surface area contributed by atoms with Crippen molar-refractivity contribution in [1.29, 1.82) is 0 Å². The molecule has 0 heterocycles. The molecule has 1 N–H and O–H groups in total. The van der Waals surface area contributed by atoms with Gasteiger partial charge in [0.2, 0.25) is 5.91 Å². The van der Waals surface area contributed by atoms with Crippen molar-refractivity contribution >= 4 is 24.0 Å². The Morgan fingerprint density at radius 3 is 2.52 bits per heavy atom. The van der Waals surface area contributed by atoms with Crippen LogP contribution in [0.3, 0.4) is 0 Å². The molecule has 0 bridgehead atoms. The van der Waals surface area contributed by atoms with Crippen LogP contribution in [0.1, 0.15) is 15.9 Å². The number of aldehydes is 1. The molecule has 2 aromatic carbocycles. The topological polar surface area (TPSA) is 55.4 Å². The number of hydrogen-bond donors (Lipinski definition) is 1. The number of methoxy groups -OCH3 is 1. The first-order valence-corrected chi connectivity index (χ1v) is 6.40. The normalized spacial score (nSPS) is 10.3. The molecule has 4 heteroatoms. The maximum atomic E-state index is 11.9. The van der Waals surface area contributed by atoms with Crippen molar-refractivity contribution in [2.24, 2.45) is 0 Å². The zero-order valence-electron chi connectivity index (χ0n) is 11.6. The fraction of sp³-hybridized carbons (Fsp3) is 0.0588. The third-order valence-electron chi connectivity index (χ3n) is 2.84. The first-order chi connectivity index (χ1) is 10.2. The molecule has 0 aliphatic carbocycles. The summed E-state index contributed by atoms with van der Waals surface area (Å²) in [5.74, 6) is 0.210. The second-order valence-corrected chi connectivity index (χ2v) is 4.31. The predicted molar refractivity (Wildman–Crippen MR) is 82.5 cm³/mol. The van der Waals surface area contributed by atoms with Crippen molar-refractivity contribution < 1.29 is 14.3 Å². The van der Waals surface area contributed by atoms with Gasteiger partial charge in [0.25, 0.3) is 0 Å². The molecule has 0 spiro atoms. The molecule has 0 atom stereocenters. The summed E-state index contributed by atoms with van der Waals surface area (Å²) in [5, 5.41) is 2.70. The monoisotopic (exact) mass is 281 g/mol. The quantitative estimate of drug-likeness (QED) is 0.676. The second-order valence-electron chi connectivity index (χ2n) is 4.31. The van der Waals surface area contributed by atoms with Gasteiger partial charge in [0.1, 0.15) is 12.0 Å². The van der Waals surface area contributed by atoms with Gasteiger partial charge < -0.3 is 10.1 Å². The van der Waals surface area contributed by atoms with Crippen LogP contribution in [0, 0.1) is 0 Å². The van der Waals surface area contributed by atoms with Crippen molar-refractivity contribution in [3.05, 3.63) is 65.7 Å². The van der Waals surface area contributed by atoms with Crippen molar-refractivity contribution in [3.8, 4) is 5.75 Å². The molecule has 0 unspecified atom stereocenters. The molecular formula is C17H15NO3. The van der Waals surface area contributed by atoms with Crippen LogP contribution >= 0.6 is 0 Å². The molecule has 0 aliphatic heterocycles. The average Bonchev–Trinajstić information content (AvgIpc) is 2.54. The Labute approximate surface area is 123 Å². The summed E-state index contributed by atoms with van der Waals surface area (Å²) in [6, 6.07) is 14.3. The SMILES string of the molecule is COc1ccc(C=O)cc1NC(=O)/C=C/c1ccccc1. The molecule has 2 rings (SSSR count). The summed E-state index contributed by atoms with van der Waals surface area (Å²) in [6.07, 6.45) is 3.86. The number of hydrogen-bond acceptors (Lipinski definition) is 3. The Kier molecular flexibility index (Phi) is 4.88. The number of anilines is 1. The maximum Gasteiger partial charge on any atom is 0.248 e. The van der Waals surface area contributed by atoms with E-state index in [1.807, 2.05) is 30.3 Å². The zero-order valence-corrected chi connectivity index (χ0v) is 11.6. The van der Waals surface area contributed by atoms with Gasteiger partial charge in [0.15, 0.2) is 0 Å². The van der Waals surface area contributed by atoms with Crippen LogP contribution in [0.15, 0.2) is 54.6 Å². The van der Waals surface area contributed by atoms with E-state index in [0.29, 0.717) is 17.0 Å². The van der Waals surface area contributed by atoms with Gasteiger partial charge in [-0.15, -0.1) is 0 Å². The minimum Gasteiger partial charge on any atom is -0.495 e. The number of carbonyl (C=O) groups excluding carboxylic acids is 2. The van der Waals surface area contributed by atoms with E-state index >= 15 is 0 Å². The third kappa shape index (κ3) is 4.04. The Morgan fingerprint density at radius 2 is 1.86 bits per heavy atom. The highest BCUT2D eigenvalue weighted by atomic mass is 16.5. The molecule has 0 radical (unpaired) electrons. The molecule has 21 heavy (non-hydrogen) atoms. The van der Waals surface area contributed by atoms with Crippen LogP contribution < -0.4 is 10.1 Å². The summed E-state index contributed by atoms with van der Waals surface area (Å²) in [4.78, 5) is 22.7. The zero-order chi connectivity index (χ0) is 15.1. The van der Waals surface area contributed by atoms with Gasteiger partial charge in [-0.3, -0.25) is 9.59 Å². The Hall–Kier alpha value is -2.88. The Balaban J connectivity index is 2.12. The summed E-state index contributed by atoms with van der Waals surface area (Å²) < 4.78 is 5.15. The van der Waals surface area contributed by atoms with Gasteiger partial charge >= 0.3 is 0 Å². The fourth-order valence-electron chi connectivity index (χ4n) is 1.81. The molecule has 1 amide bonds. The summed E-state index contributed by atoms with van der Waals surface area (Å²) in [6.45, 7) is 0. The second kappa shape index (κ2) is 7.05. The van der Waals surface area contributed by atoms with Gasteiger partial charge in [-0.1, -0.05) is 30.3 Å². The van der Waals surface area contributed by atoms with E-state index in [4.69, 9.17) is 4.74 Å². The molecule has 0 fully saturated rings. The van der Waals surface area contributed by atoms with Crippen LogP contribution in [-0.2, 0) is 4.79 Å². The minimum absolute atomic E-state index is 0.291. The highest BCUT2D eigenvalue weighted by Gasteiger charge is 2.06. The standard InChI is InChI=1S/C17H15NO3/c1-21-16-9-7-14(12-19)11-15(16)18-17(20)10-8-13-5-3-2-4-6-13/h2-12H,1H3,(H,18,20)/b10-8+. The molecule has 0 aliphatic rings. The lowest BCUT2D eigenvalue weighted by molar-refractivity contribution is -0.111. The number of ether oxygens (including phenoxy) is 1. The van der Waals surface area contributed by atoms with E-state index in [9.17, 15) is 9.59 Å². The molecule has 2 aromatic rings. The molecular weight excluding hydrogens is 266 g/mol. The van der Waals surface area contributed by atoms with Crippen LogP contribution in [0.25, 0.3) is 6.08 Å². The van der Waals surface area contributed by atoms with Gasteiger partial charge in [-0.2, -0.15) is 0 Å². The van der Waals surface area contributed by atoms with Crippen molar-refractivity contribution in [3.63, 3.8) is 0 Å². The molecule has 106 valence electrons. The maximum absolute atomic E-state index is 11.9. The minimum atomic E-state index is -0.291. The van der Waals surface area contributed by atoms with E-state index in [1.165, 1.54) is 13.2 Å². The van der Waals surface area contributed by atoms with Crippen molar-refractivity contribution in [2.75, 3.05) is 12.4 Å². The number of rotatable bonds is 5. The van der Waals surface area contributed by atoms with E-state index in [0.717, 1.165) is 11.8 Å². The van der Waals surface area contributed by atoms with Gasteiger partial charge in [-0.05, 0) is 29.8 Å². The molecule has 4 nitrogen and oxygen atoms in total. The first-order valence-electron chi connectivity index (χ1n) is 6.40. The van der Waals surface area contributed by atoms with E-state index in [1.54, 1.807) is 24.3 Å². The van der Waals surface area contributed by atoms with Crippen LogP contribution in [-0.4, -0.2) is 19.3 Å².